The number of hydrogen-bond donors (Lipinski definition) is 1. The Balaban J connectivity index is 0.00000144. The van der Waals surface area contributed by atoms with E-state index in [4.69, 9.17) is 28.9 Å². The first-order valence-corrected chi connectivity index (χ1v) is 5.83. The summed E-state index contributed by atoms with van der Waals surface area (Å²) in [6.45, 7) is 1.30. The van der Waals surface area contributed by atoms with Gasteiger partial charge >= 0.3 is 0 Å². The molecule has 0 aromatic heterocycles. The van der Waals surface area contributed by atoms with E-state index in [1.165, 1.54) is 0 Å². The molecule has 1 aliphatic rings. The molecule has 0 spiro atoms. The van der Waals surface area contributed by atoms with E-state index in [9.17, 15) is 4.79 Å². The van der Waals surface area contributed by atoms with Gasteiger partial charge in [-0.2, -0.15) is 0 Å². The number of nitrogens with zero attached hydrogens (tertiary/aromatic N) is 1. The number of benzene rings is 1. The predicted octanol–water partition coefficient (Wildman–Crippen LogP) is 2.59. The molecular formula is C11H13Cl3N2O. The lowest BCUT2D eigenvalue weighted by atomic mass is 10.2. The molecule has 1 saturated heterocycles. The van der Waals surface area contributed by atoms with E-state index >= 15 is 0 Å². The zero-order valence-electron chi connectivity index (χ0n) is 9.03. The smallest absolute Gasteiger partial charge is 0.254 e. The third-order valence-corrected chi connectivity index (χ3v) is 3.06. The molecule has 3 nitrogen and oxygen atoms in total. The van der Waals surface area contributed by atoms with Crippen molar-refractivity contribution in [2.75, 3.05) is 13.1 Å². The van der Waals surface area contributed by atoms with E-state index in [0.29, 0.717) is 28.7 Å². The van der Waals surface area contributed by atoms with Crippen molar-refractivity contribution in [3.63, 3.8) is 0 Å². The van der Waals surface area contributed by atoms with Gasteiger partial charge in [0.2, 0.25) is 0 Å². The Labute approximate surface area is 116 Å². The Morgan fingerprint density at radius 2 is 1.88 bits per heavy atom. The van der Waals surface area contributed by atoms with Gasteiger partial charge in [0.25, 0.3) is 5.91 Å². The maximum Gasteiger partial charge on any atom is 0.254 e. The molecule has 0 unspecified atom stereocenters. The van der Waals surface area contributed by atoms with Crippen LogP contribution in [0.25, 0.3) is 0 Å². The van der Waals surface area contributed by atoms with Crippen LogP contribution in [-0.2, 0) is 0 Å². The third kappa shape index (κ3) is 3.49. The first kappa shape index (κ1) is 14.6. The van der Waals surface area contributed by atoms with Gasteiger partial charge in [-0.15, -0.1) is 12.4 Å². The fourth-order valence-corrected chi connectivity index (χ4v) is 2.36. The van der Waals surface area contributed by atoms with E-state index in [0.717, 1.165) is 6.42 Å². The van der Waals surface area contributed by atoms with Crippen molar-refractivity contribution in [2.24, 2.45) is 5.73 Å². The number of amides is 1. The standard InChI is InChI=1S/C11H12Cl2N2O.ClH/c12-8-3-7(4-9(13)5-8)11(16)15-2-1-10(14)6-15;/h3-5,10H,1-2,6,14H2;1H/t10-;/m0./s1. The SMILES string of the molecule is Cl.N[C@H]1CCN(C(=O)c2cc(Cl)cc(Cl)c2)C1. The Bertz CT molecular complexity index is 405. The maximum atomic E-state index is 12.1. The molecule has 0 saturated carbocycles. The summed E-state index contributed by atoms with van der Waals surface area (Å²) in [6.07, 6.45) is 0.847. The van der Waals surface area contributed by atoms with Crippen LogP contribution in [-0.4, -0.2) is 29.9 Å². The number of nitrogens with two attached hydrogens (primary N) is 1. The Morgan fingerprint density at radius 3 is 2.35 bits per heavy atom. The van der Waals surface area contributed by atoms with Gasteiger partial charge in [-0.3, -0.25) is 4.79 Å². The van der Waals surface area contributed by atoms with Crippen molar-refractivity contribution in [2.45, 2.75) is 12.5 Å². The molecule has 0 radical (unpaired) electrons. The van der Waals surface area contributed by atoms with Gasteiger partial charge in [-0.25, -0.2) is 0 Å². The van der Waals surface area contributed by atoms with Crippen molar-refractivity contribution in [1.82, 2.24) is 4.90 Å². The van der Waals surface area contributed by atoms with Crippen LogP contribution in [0.4, 0.5) is 0 Å². The average molecular weight is 296 g/mol. The van der Waals surface area contributed by atoms with Crippen LogP contribution in [0.3, 0.4) is 0 Å². The normalized spacial score (nSPS) is 19.0. The summed E-state index contributed by atoms with van der Waals surface area (Å²) < 4.78 is 0. The molecule has 1 heterocycles. The number of hydrogen-bond acceptors (Lipinski definition) is 2. The van der Waals surface area contributed by atoms with Gasteiger partial charge in [0.05, 0.1) is 0 Å². The molecule has 17 heavy (non-hydrogen) atoms. The minimum Gasteiger partial charge on any atom is -0.337 e. The predicted molar refractivity (Wildman–Crippen MR) is 72.2 cm³/mol. The van der Waals surface area contributed by atoms with Crippen molar-refractivity contribution < 1.29 is 4.79 Å². The number of carbonyl (C=O) groups is 1. The van der Waals surface area contributed by atoms with Gasteiger partial charge in [0, 0.05) is 34.7 Å². The van der Waals surface area contributed by atoms with E-state index in [1.54, 1.807) is 23.1 Å². The second-order valence-corrected chi connectivity index (χ2v) is 4.83. The minimum atomic E-state index is -0.0580. The first-order valence-electron chi connectivity index (χ1n) is 5.07. The molecular weight excluding hydrogens is 282 g/mol. The van der Waals surface area contributed by atoms with Crippen molar-refractivity contribution >= 4 is 41.5 Å². The highest BCUT2D eigenvalue weighted by Crippen LogP contribution is 2.21. The van der Waals surface area contributed by atoms with E-state index in [2.05, 4.69) is 0 Å². The summed E-state index contributed by atoms with van der Waals surface area (Å²) in [5, 5.41) is 0.943. The summed E-state index contributed by atoms with van der Waals surface area (Å²) in [7, 11) is 0. The molecule has 0 aliphatic carbocycles. The lowest BCUT2D eigenvalue weighted by molar-refractivity contribution is 0.0791. The summed E-state index contributed by atoms with van der Waals surface area (Å²) >= 11 is 11.7. The van der Waals surface area contributed by atoms with Crippen LogP contribution < -0.4 is 5.73 Å². The number of carbonyl (C=O) groups excluding carboxylic acids is 1. The van der Waals surface area contributed by atoms with Crippen molar-refractivity contribution in [3.05, 3.63) is 33.8 Å². The fraction of sp³-hybridized carbons (Fsp3) is 0.364. The Kier molecular flexibility index (Phi) is 5.07. The largest absolute Gasteiger partial charge is 0.337 e. The summed E-state index contributed by atoms with van der Waals surface area (Å²) in [5.74, 6) is -0.0580. The lowest BCUT2D eigenvalue weighted by Crippen LogP contribution is -2.31. The van der Waals surface area contributed by atoms with Crippen LogP contribution in [0, 0.1) is 0 Å². The maximum absolute atomic E-state index is 12.1. The average Bonchev–Trinajstić information content (AvgIpc) is 2.62. The molecule has 1 amide bonds. The Hall–Kier alpha value is -0.480. The molecule has 2 rings (SSSR count). The van der Waals surface area contributed by atoms with Crippen LogP contribution in [0.2, 0.25) is 10.0 Å². The molecule has 6 heteroatoms. The first-order chi connectivity index (χ1) is 7.56. The Morgan fingerprint density at radius 1 is 1.29 bits per heavy atom. The second-order valence-electron chi connectivity index (χ2n) is 3.96. The van der Waals surface area contributed by atoms with Crippen molar-refractivity contribution in [1.29, 1.82) is 0 Å². The van der Waals surface area contributed by atoms with E-state index < -0.39 is 0 Å². The van der Waals surface area contributed by atoms with Crippen LogP contribution >= 0.6 is 35.6 Å². The summed E-state index contributed by atoms with van der Waals surface area (Å²) in [6, 6.07) is 4.94. The molecule has 0 bridgehead atoms. The molecule has 94 valence electrons. The van der Waals surface area contributed by atoms with Gasteiger partial charge < -0.3 is 10.6 Å². The highest BCUT2D eigenvalue weighted by atomic mass is 35.5. The zero-order valence-corrected chi connectivity index (χ0v) is 11.4. The quantitative estimate of drug-likeness (QED) is 0.865. The number of likely N-dealkylation sites (tertiary alicyclic amines) is 1. The molecule has 1 fully saturated rings. The monoisotopic (exact) mass is 294 g/mol. The minimum absolute atomic E-state index is 0. The lowest BCUT2D eigenvalue weighted by Gasteiger charge is -2.16. The van der Waals surface area contributed by atoms with Crippen LogP contribution in [0.5, 0.6) is 0 Å². The van der Waals surface area contributed by atoms with E-state index in [1.807, 2.05) is 0 Å². The molecule has 1 aliphatic heterocycles. The highest BCUT2D eigenvalue weighted by Gasteiger charge is 2.24. The fourth-order valence-electron chi connectivity index (χ4n) is 1.83. The molecule has 1 aromatic rings. The highest BCUT2D eigenvalue weighted by molar-refractivity contribution is 6.35. The second kappa shape index (κ2) is 5.91. The zero-order chi connectivity index (χ0) is 11.7. The van der Waals surface area contributed by atoms with E-state index in [-0.39, 0.29) is 24.4 Å². The summed E-state index contributed by atoms with van der Waals surface area (Å²) in [4.78, 5) is 13.8. The molecule has 1 atom stereocenters. The van der Waals surface area contributed by atoms with Crippen molar-refractivity contribution in [3.8, 4) is 0 Å². The topological polar surface area (TPSA) is 46.3 Å². The van der Waals surface area contributed by atoms with Gasteiger partial charge in [0.15, 0.2) is 0 Å². The van der Waals surface area contributed by atoms with Gasteiger partial charge in [0.1, 0.15) is 0 Å². The molecule has 2 N–H and O–H groups in total. The molecule has 1 aromatic carbocycles. The van der Waals surface area contributed by atoms with Crippen LogP contribution in [0.1, 0.15) is 16.8 Å². The van der Waals surface area contributed by atoms with Gasteiger partial charge in [-0.1, -0.05) is 23.2 Å². The van der Waals surface area contributed by atoms with Crippen LogP contribution in [0.15, 0.2) is 18.2 Å². The summed E-state index contributed by atoms with van der Waals surface area (Å²) in [5.41, 5.74) is 6.27. The van der Waals surface area contributed by atoms with Gasteiger partial charge in [-0.05, 0) is 24.6 Å². The number of halogens is 3. The number of rotatable bonds is 1. The third-order valence-electron chi connectivity index (χ3n) is 2.62.